The van der Waals surface area contributed by atoms with Crippen LogP contribution in [0.1, 0.15) is 49.3 Å². The predicted octanol–water partition coefficient (Wildman–Crippen LogP) is 5.02. The molecular formula is C32H39N3O4S. The summed E-state index contributed by atoms with van der Waals surface area (Å²) in [6, 6.07) is 22.6. The number of hydrogen-bond donors (Lipinski definition) is 1. The van der Waals surface area contributed by atoms with Gasteiger partial charge >= 0.3 is 0 Å². The van der Waals surface area contributed by atoms with E-state index >= 15 is 0 Å². The molecule has 1 aliphatic rings. The Morgan fingerprint density at radius 2 is 1.52 bits per heavy atom. The summed E-state index contributed by atoms with van der Waals surface area (Å²) in [4.78, 5) is 28.9. The second kappa shape index (κ2) is 13.1. The first kappa shape index (κ1) is 29.3. The van der Waals surface area contributed by atoms with Crippen molar-refractivity contribution in [3.8, 4) is 0 Å². The van der Waals surface area contributed by atoms with Crippen LogP contribution in [0.15, 0.2) is 83.8 Å². The zero-order valence-corrected chi connectivity index (χ0v) is 24.4. The number of rotatable bonds is 11. The standard InChI is InChI=1S/C32H39N3O4S/c1-24-18-19-29(22-25(24)2)35(40(38,39)30-16-8-5-9-17-30)23-31(36)34(21-20-27-12-6-4-7-13-27)26(3)32(37)33-28-14-10-11-15-28/h4-9,12-13,16-19,22,26,28H,10-11,14-15,20-21,23H2,1-3H3,(H,33,37)/t26-/m0/s1. The van der Waals surface area contributed by atoms with E-state index in [-0.39, 0.29) is 23.4 Å². The molecule has 1 saturated carbocycles. The summed E-state index contributed by atoms with van der Waals surface area (Å²) in [5, 5.41) is 3.10. The van der Waals surface area contributed by atoms with Gasteiger partial charge in [-0.3, -0.25) is 13.9 Å². The van der Waals surface area contributed by atoms with Crippen molar-refractivity contribution in [1.29, 1.82) is 0 Å². The van der Waals surface area contributed by atoms with Gasteiger partial charge in [-0.05, 0) is 81.0 Å². The maximum atomic E-state index is 14.0. The van der Waals surface area contributed by atoms with Crippen LogP contribution in [0.5, 0.6) is 0 Å². The third kappa shape index (κ3) is 7.10. The lowest BCUT2D eigenvalue weighted by molar-refractivity contribution is -0.139. The highest BCUT2D eigenvalue weighted by Gasteiger charge is 2.33. The van der Waals surface area contributed by atoms with Crippen LogP contribution in [0, 0.1) is 13.8 Å². The zero-order valence-electron chi connectivity index (χ0n) is 23.5. The van der Waals surface area contributed by atoms with Crippen molar-refractivity contribution in [3.05, 3.63) is 95.6 Å². The summed E-state index contributed by atoms with van der Waals surface area (Å²) < 4.78 is 28.9. The highest BCUT2D eigenvalue weighted by molar-refractivity contribution is 7.92. The normalized spacial score (nSPS) is 14.5. The number of carbonyl (C=O) groups excluding carboxylic acids is 2. The van der Waals surface area contributed by atoms with Crippen LogP contribution < -0.4 is 9.62 Å². The smallest absolute Gasteiger partial charge is 0.264 e. The SMILES string of the molecule is Cc1ccc(N(CC(=O)N(CCc2ccccc2)[C@@H](C)C(=O)NC2CCCC2)S(=O)(=O)c2ccccc2)cc1C. The topological polar surface area (TPSA) is 86.8 Å². The molecule has 3 aromatic rings. The quantitative estimate of drug-likeness (QED) is 0.356. The molecule has 2 amide bonds. The van der Waals surface area contributed by atoms with Gasteiger partial charge in [-0.15, -0.1) is 0 Å². The molecule has 0 saturated heterocycles. The monoisotopic (exact) mass is 561 g/mol. The lowest BCUT2D eigenvalue weighted by atomic mass is 10.1. The van der Waals surface area contributed by atoms with Gasteiger partial charge in [-0.25, -0.2) is 8.42 Å². The molecule has 7 nitrogen and oxygen atoms in total. The first-order valence-corrected chi connectivity index (χ1v) is 15.4. The molecule has 1 aliphatic carbocycles. The van der Waals surface area contributed by atoms with Gasteiger partial charge in [-0.2, -0.15) is 0 Å². The van der Waals surface area contributed by atoms with Crippen molar-refractivity contribution >= 4 is 27.5 Å². The third-order valence-corrected chi connectivity index (χ3v) is 9.53. The number of anilines is 1. The number of aryl methyl sites for hydroxylation is 2. The van der Waals surface area contributed by atoms with Crippen molar-refractivity contribution in [2.24, 2.45) is 0 Å². The first-order valence-electron chi connectivity index (χ1n) is 14.0. The second-order valence-corrected chi connectivity index (χ2v) is 12.4. The first-order chi connectivity index (χ1) is 19.2. The Bertz CT molecular complexity index is 1400. The van der Waals surface area contributed by atoms with Crippen molar-refractivity contribution in [1.82, 2.24) is 10.2 Å². The van der Waals surface area contributed by atoms with Gasteiger partial charge in [0.1, 0.15) is 12.6 Å². The van der Waals surface area contributed by atoms with Crippen LogP contribution in [0.3, 0.4) is 0 Å². The molecule has 0 aliphatic heterocycles. The molecule has 212 valence electrons. The highest BCUT2D eigenvalue weighted by atomic mass is 32.2. The number of sulfonamides is 1. The fourth-order valence-corrected chi connectivity index (χ4v) is 6.52. The molecule has 1 atom stereocenters. The maximum absolute atomic E-state index is 14.0. The van der Waals surface area contributed by atoms with Gasteiger partial charge in [0.05, 0.1) is 10.6 Å². The fourth-order valence-electron chi connectivity index (χ4n) is 5.09. The Kier molecular flexibility index (Phi) is 9.63. The van der Waals surface area contributed by atoms with Crippen molar-refractivity contribution in [2.45, 2.75) is 69.9 Å². The van der Waals surface area contributed by atoms with Gasteiger partial charge < -0.3 is 10.2 Å². The largest absolute Gasteiger partial charge is 0.352 e. The molecule has 8 heteroatoms. The number of benzene rings is 3. The van der Waals surface area contributed by atoms with Gasteiger partial charge in [0.15, 0.2) is 0 Å². The Hall–Kier alpha value is -3.65. The van der Waals surface area contributed by atoms with Crippen molar-refractivity contribution in [3.63, 3.8) is 0 Å². The minimum atomic E-state index is -4.06. The molecule has 3 aromatic carbocycles. The summed E-state index contributed by atoms with van der Waals surface area (Å²) in [5.74, 6) is -0.639. The van der Waals surface area contributed by atoms with Crippen molar-refractivity contribution < 1.29 is 18.0 Å². The van der Waals surface area contributed by atoms with Crippen LogP contribution in [-0.4, -0.2) is 50.3 Å². The molecule has 1 N–H and O–H groups in total. The Morgan fingerprint density at radius 1 is 0.900 bits per heavy atom. The predicted molar refractivity (Wildman–Crippen MR) is 159 cm³/mol. The Morgan fingerprint density at radius 3 is 2.15 bits per heavy atom. The molecule has 0 spiro atoms. The lowest BCUT2D eigenvalue weighted by Crippen LogP contribution is -2.53. The summed E-state index contributed by atoms with van der Waals surface area (Å²) in [6.45, 7) is 5.45. The lowest BCUT2D eigenvalue weighted by Gasteiger charge is -2.32. The third-order valence-electron chi connectivity index (χ3n) is 7.74. The average molecular weight is 562 g/mol. The fraction of sp³-hybridized carbons (Fsp3) is 0.375. The minimum absolute atomic E-state index is 0.101. The molecule has 0 radical (unpaired) electrons. The van der Waals surface area contributed by atoms with Gasteiger partial charge in [0.2, 0.25) is 11.8 Å². The van der Waals surface area contributed by atoms with Crippen molar-refractivity contribution in [2.75, 3.05) is 17.4 Å². The second-order valence-electron chi connectivity index (χ2n) is 10.6. The van der Waals surface area contributed by atoms with E-state index in [1.807, 2.05) is 50.2 Å². The van der Waals surface area contributed by atoms with Gasteiger partial charge in [0, 0.05) is 12.6 Å². The van der Waals surface area contributed by atoms with E-state index in [0.717, 1.165) is 46.7 Å². The van der Waals surface area contributed by atoms with Crippen LogP contribution >= 0.6 is 0 Å². The molecule has 0 unspecified atom stereocenters. The van der Waals surface area contributed by atoms with Crippen LogP contribution in [0.25, 0.3) is 0 Å². The number of hydrogen-bond acceptors (Lipinski definition) is 4. The molecular weight excluding hydrogens is 522 g/mol. The summed E-state index contributed by atoms with van der Waals surface area (Å²) in [5.41, 5.74) is 3.38. The zero-order chi connectivity index (χ0) is 28.7. The van der Waals surface area contributed by atoms with E-state index in [4.69, 9.17) is 0 Å². The van der Waals surface area contributed by atoms with Crippen LogP contribution in [0.4, 0.5) is 5.69 Å². The molecule has 4 rings (SSSR count). The van der Waals surface area contributed by atoms with Gasteiger partial charge in [0.25, 0.3) is 10.0 Å². The van der Waals surface area contributed by atoms with E-state index < -0.39 is 28.5 Å². The number of nitrogens with one attached hydrogen (secondary N) is 1. The van der Waals surface area contributed by atoms with Crippen LogP contribution in [-0.2, 0) is 26.0 Å². The molecule has 0 aromatic heterocycles. The number of carbonyl (C=O) groups is 2. The molecule has 0 heterocycles. The summed E-state index contributed by atoms with van der Waals surface area (Å²) >= 11 is 0. The average Bonchev–Trinajstić information content (AvgIpc) is 3.47. The Labute approximate surface area is 238 Å². The van der Waals surface area contributed by atoms with Gasteiger partial charge in [-0.1, -0.05) is 67.4 Å². The minimum Gasteiger partial charge on any atom is -0.352 e. The van der Waals surface area contributed by atoms with E-state index in [2.05, 4.69) is 5.32 Å². The summed E-state index contributed by atoms with van der Waals surface area (Å²) in [6.07, 6.45) is 4.58. The van der Waals surface area contributed by atoms with E-state index in [1.54, 1.807) is 37.3 Å². The van der Waals surface area contributed by atoms with Crippen LogP contribution in [0.2, 0.25) is 0 Å². The number of nitrogens with zero attached hydrogens (tertiary/aromatic N) is 2. The molecule has 40 heavy (non-hydrogen) atoms. The van der Waals surface area contributed by atoms with E-state index in [1.165, 1.54) is 17.0 Å². The summed E-state index contributed by atoms with van der Waals surface area (Å²) in [7, 11) is -4.06. The Balaban J connectivity index is 1.65. The molecule has 1 fully saturated rings. The van der Waals surface area contributed by atoms with E-state index in [0.29, 0.717) is 12.1 Å². The molecule has 0 bridgehead atoms. The highest BCUT2D eigenvalue weighted by Crippen LogP contribution is 2.26. The maximum Gasteiger partial charge on any atom is 0.264 e. The number of amides is 2. The van der Waals surface area contributed by atoms with E-state index in [9.17, 15) is 18.0 Å².